The van der Waals surface area contributed by atoms with Gasteiger partial charge < -0.3 is 15.3 Å². The van der Waals surface area contributed by atoms with Crippen molar-refractivity contribution in [3.8, 4) is 0 Å². The first-order valence-electron chi connectivity index (χ1n) is 16.4. The zero-order valence-electron chi connectivity index (χ0n) is 27.2. The van der Waals surface area contributed by atoms with Crippen LogP contribution in [0.1, 0.15) is 70.1 Å². The summed E-state index contributed by atoms with van der Waals surface area (Å²) in [5.74, 6) is 1.95. The Balaban J connectivity index is 1.27. The van der Waals surface area contributed by atoms with Gasteiger partial charge >= 0.3 is 0 Å². The Labute approximate surface area is 259 Å². The summed E-state index contributed by atoms with van der Waals surface area (Å²) in [6, 6.07) is 19.7. The van der Waals surface area contributed by atoms with Gasteiger partial charge in [-0.2, -0.15) is 5.06 Å². The third-order valence-corrected chi connectivity index (χ3v) is 10.5. The molecular formula is C36H54N4O3. The largest absolute Gasteiger partial charge is 0.394 e. The van der Waals surface area contributed by atoms with Gasteiger partial charge in [-0.25, -0.2) is 0 Å². The molecule has 4 aliphatic rings. The number of carbonyl (C=O) groups is 1. The first-order valence-corrected chi connectivity index (χ1v) is 16.4. The Morgan fingerprint density at radius 1 is 0.977 bits per heavy atom. The van der Waals surface area contributed by atoms with Gasteiger partial charge in [0.25, 0.3) is 0 Å². The minimum Gasteiger partial charge on any atom is -0.394 e. The Morgan fingerprint density at radius 3 is 2.26 bits per heavy atom. The highest BCUT2D eigenvalue weighted by Crippen LogP contribution is 2.59. The highest BCUT2D eigenvalue weighted by atomic mass is 16.7. The first-order chi connectivity index (χ1) is 20.5. The van der Waals surface area contributed by atoms with Gasteiger partial charge in [0.2, 0.25) is 5.91 Å². The van der Waals surface area contributed by atoms with E-state index in [9.17, 15) is 9.90 Å². The van der Waals surface area contributed by atoms with Crippen molar-refractivity contribution in [1.82, 2.24) is 20.2 Å². The van der Waals surface area contributed by atoms with Gasteiger partial charge in [-0.05, 0) is 73.2 Å². The number of amides is 1. The number of hydroxylamine groups is 2. The van der Waals surface area contributed by atoms with Gasteiger partial charge in [-0.1, -0.05) is 82.3 Å². The topological polar surface area (TPSA) is 68.3 Å². The Morgan fingerprint density at radius 2 is 1.63 bits per heavy atom. The first kappa shape index (κ1) is 32.1. The Hall–Kier alpha value is -2.29. The molecule has 2 aromatic carbocycles. The number of fused-ring (bicyclic) bond motifs is 2. The Bertz CT molecular complexity index is 1190. The molecule has 7 heteroatoms. The number of likely N-dealkylation sites (N-methyl/N-ethyl adjacent to an activating group) is 1. The highest BCUT2D eigenvalue weighted by molar-refractivity contribution is 5.82. The van der Waals surface area contributed by atoms with Crippen molar-refractivity contribution in [2.24, 2.45) is 23.2 Å². The average molecular weight is 591 g/mol. The number of hydrogen-bond donors (Lipinski definition) is 2. The van der Waals surface area contributed by atoms with Crippen LogP contribution in [0.5, 0.6) is 0 Å². The molecule has 3 saturated carbocycles. The standard InChI is InChI=1S/C36H54N4O3/c1-25(2)34(23-38(5)6)39(20-26-11-8-7-9-12-26)21-27-13-10-14-28(15-27)22-40-33(19-32(24-41)43-40)35(42)37-31-17-29-16-30(18-31)36(29,3)4/h7-15,25,29-34,41H,16-24H2,1-6H3,(H,37,42)/t29-,30+,31?,32-,33?,34-/m1/s1. The maximum atomic E-state index is 13.5. The van der Waals surface area contributed by atoms with E-state index < -0.39 is 6.04 Å². The van der Waals surface area contributed by atoms with Crippen molar-refractivity contribution < 1.29 is 14.7 Å². The van der Waals surface area contributed by atoms with Gasteiger partial charge in [-0.15, -0.1) is 0 Å². The third-order valence-electron chi connectivity index (χ3n) is 10.5. The van der Waals surface area contributed by atoms with Crippen LogP contribution in [0, 0.1) is 23.2 Å². The number of benzene rings is 2. The van der Waals surface area contributed by atoms with Gasteiger partial charge in [0.1, 0.15) is 12.1 Å². The maximum absolute atomic E-state index is 13.5. The molecule has 1 saturated heterocycles. The molecule has 2 N–H and O–H groups in total. The Kier molecular flexibility index (Phi) is 10.3. The molecule has 1 amide bonds. The molecule has 43 heavy (non-hydrogen) atoms. The molecule has 6 rings (SSSR count). The van der Waals surface area contributed by atoms with Crippen LogP contribution < -0.4 is 5.32 Å². The van der Waals surface area contributed by atoms with E-state index in [2.05, 4.69) is 112 Å². The van der Waals surface area contributed by atoms with Crippen molar-refractivity contribution in [2.75, 3.05) is 27.2 Å². The summed E-state index contributed by atoms with van der Waals surface area (Å²) in [6.45, 7) is 12.5. The second kappa shape index (κ2) is 13.8. The normalized spacial score (nSPS) is 27.4. The molecule has 2 unspecified atom stereocenters. The molecule has 4 fully saturated rings. The van der Waals surface area contributed by atoms with Crippen LogP contribution in [0.25, 0.3) is 0 Å². The fraction of sp³-hybridized carbons (Fsp3) is 0.639. The lowest BCUT2D eigenvalue weighted by atomic mass is 9.48. The second-order valence-corrected chi connectivity index (χ2v) is 14.6. The number of rotatable bonds is 13. The predicted molar refractivity (Wildman–Crippen MR) is 172 cm³/mol. The minimum atomic E-state index is -0.396. The SMILES string of the molecule is CC(C)[C@@H](CN(C)C)N(Cc1ccccc1)Cc1cccc(CN2O[C@@H](CO)CC2C(=O)NC2C[C@@H]3C[C@H](C2)C3(C)C)c1. The number of aliphatic hydroxyl groups excluding tert-OH is 1. The van der Waals surface area contributed by atoms with E-state index in [-0.39, 0.29) is 24.7 Å². The van der Waals surface area contributed by atoms with Crippen molar-refractivity contribution in [1.29, 1.82) is 0 Å². The lowest BCUT2D eigenvalue weighted by molar-refractivity contribution is -0.182. The van der Waals surface area contributed by atoms with E-state index in [1.807, 2.05) is 5.06 Å². The molecule has 7 nitrogen and oxygen atoms in total. The summed E-state index contributed by atoms with van der Waals surface area (Å²) in [5.41, 5.74) is 4.09. The molecule has 236 valence electrons. The molecule has 0 spiro atoms. The quantitative estimate of drug-likeness (QED) is 0.339. The van der Waals surface area contributed by atoms with Crippen LogP contribution >= 0.6 is 0 Å². The van der Waals surface area contributed by atoms with Gasteiger partial charge in [-0.3, -0.25) is 14.5 Å². The smallest absolute Gasteiger partial charge is 0.240 e. The number of hydrogen-bond acceptors (Lipinski definition) is 6. The molecule has 1 heterocycles. The summed E-state index contributed by atoms with van der Waals surface area (Å²) in [6.07, 6.45) is 3.60. The fourth-order valence-electron chi connectivity index (χ4n) is 7.76. The second-order valence-electron chi connectivity index (χ2n) is 14.6. The molecule has 0 aromatic heterocycles. The molecule has 1 aliphatic heterocycles. The highest BCUT2D eigenvalue weighted by Gasteiger charge is 2.53. The monoisotopic (exact) mass is 590 g/mol. The summed E-state index contributed by atoms with van der Waals surface area (Å²) < 4.78 is 0. The third kappa shape index (κ3) is 7.69. The van der Waals surface area contributed by atoms with Crippen LogP contribution in [0.2, 0.25) is 0 Å². The van der Waals surface area contributed by atoms with Gasteiger partial charge in [0.15, 0.2) is 0 Å². The summed E-state index contributed by atoms with van der Waals surface area (Å²) >= 11 is 0. The van der Waals surface area contributed by atoms with E-state index in [1.54, 1.807) is 0 Å². The van der Waals surface area contributed by atoms with Crippen molar-refractivity contribution in [3.05, 3.63) is 71.3 Å². The lowest BCUT2D eigenvalue weighted by Gasteiger charge is -2.59. The summed E-state index contributed by atoms with van der Waals surface area (Å²) in [4.78, 5) is 24.5. The molecule has 0 radical (unpaired) electrons. The maximum Gasteiger partial charge on any atom is 0.240 e. The number of aliphatic hydroxyl groups is 1. The van der Waals surface area contributed by atoms with Gasteiger partial charge in [0.05, 0.1) is 13.2 Å². The average Bonchev–Trinajstić information content (AvgIpc) is 3.39. The van der Waals surface area contributed by atoms with Crippen LogP contribution in [-0.2, 0) is 29.3 Å². The van der Waals surface area contributed by atoms with Crippen LogP contribution in [0.3, 0.4) is 0 Å². The van der Waals surface area contributed by atoms with Crippen molar-refractivity contribution >= 4 is 5.91 Å². The molecule has 2 bridgehead atoms. The van der Waals surface area contributed by atoms with Crippen LogP contribution in [0.15, 0.2) is 54.6 Å². The summed E-state index contributed by atoms with van der Waals surface area (Å²) in [7, 11) is 4.30. The minimum absolute atomic E-state index is 0.0358. The van der Waals surface area contributed by atoms with Crippen LogP contribution in [0.4, 0.5) is 0 Å². The van der Waals surface area contributed by atoms with Crippen molar-refractivity contribution in [3.63, 3.8) is 0 Å². The predicted octanol–water partition coefficient (Wildman–Crippen LogP) is 5.08. The summed E-state index contributed by atoms with van der Waals surface area (Å²) in [5, 5.41) is 15.1. The molecule has 6 atom stereocenters. The van der Waals surface area contributed by atoms with E-state index in [4.69, 9.17) is 4.84 Å². The van der Waals surface area contributed by atoms with E-state index >= 15 is 0 Å². The number of nitrogens with one attached hydrogen (secondary N) is 1. The zero-order valence-corrected chi connectivity index (χ0v) is 27.2. The van der Waals surface area contributed by atoms with E-state index in [0.717, 1.165) is 38.0 Å². The molecule has 2 aromatic rings. The van der Waals surface area contributed by atoms with E-state index in [0.29, 0.717) is 42.2 Å². The number of nitrogens with zero attached hydrogens (tertiary/aromatic N) is 3. The van der Waals surface area contributed by atoms with E-state index in [1.165, 1.54) is 17.5 Å². The molecule has 3 aliphatic carbocycles. The number of carbonyl (C=O) groups excluding carboxylic acids is 1. The fourth-order valence-corrected chi connectivity index (χ4v) is 7.76. The van der Waals surface area contributed by atoms with Gasteiger partial charge in [0, 0.05) is 38.1 Å². The zero-order chi connectivity index (χ0) is 30.7. The van der Waals surface area contributed by atoms with Crippen LogP contribution in [-0.4, -0.2) is 77.4 Å². The lowest BCUT2D eigenvalue weighted by Crippen LogP contribution is -2.57. The molecular weight excluding hydrogens is 536 g/mol. The van der Waals surface area contributed by atoms with Crippen molar-refractivity contribution in [2.45, 2.75) is 97.2 Å².